The SMILES string of the molecule is O=S(=O)(c1ccccc1)n1cc(I)c2cc(O)ccc21. The summed E-state index contributed by atoms with van der Waals surface area (Å²) in [5.41, 5.74) is 0.552. The van der Waals surface area contributed by atoms with Gasteiger partial charge in [0.2, 0.25) is 0 Å². The molecule has 0 aliphatic carbocycles. The standard InChI is InChI=1S/C14H10INO3S/c15-13-9-16(14-7-6-10(17)8-12(13)14)20(18,19)11-4-2-1-3-5-11/h1-9,17H. The van der Waals surface area contributed by atoms with Crippen LogP contribution in [0.25, 0.3) is 10.9 Å². The lowest BCUT2D eigenvalue weighted by atomic mass is 10.2. The minimum absolute atomic E-state index is 0.116. The first kappa shape index (κ1) is 13.4. The highest BCUT2D eigenvalue weighted by Crippen LogP contribution is 2.29. The van der Waals surface area contributed by atoms with Crippen LogP contribution in [0.3, 0.4) is 0 Å². The Morgan fingerprint density at radius 3 is 2.45 bits per heavy atom. The second-order valence-corrected chi connectivity index (χ2v) is 7.27. The number of rotatable bonds is 2. The van der Waals surface area contributed by atoms with Crippen molar-refractivity contribution in [2.75, 3.05) is 0 Å². The van der Waals surface area contributed by atoms with Gasteiger partial charge in [-0.15, -0.1) is 0 Å². The lowest BCUT2D eigenvalue weighted by molar-refractivity contribution is 0.476. The second-order valence-electron chi connectivity index (χ2n) is 4.29. The first-order valence-electron chi connectivity index (χ1n) is 5.80. The van der Waals surface area contributed by atoms with Gasteiger partial charge in [0.05, 0.1) is 10.4 Å². The lowest BCUT2D eigenvalue weighted by Gasteiger charge is -2.07. The third-order valence-electron chi connectivity index (χ3n) is 3.01. The fourth-order valence-electron chi connectivity index (χ4n) is 2.05. The highest BCUT2D eigenvalue weighted by atomic mass is 127. The van der Waals surface area contributed by atoms with Crippen LogP contribution in [0.4, 0.5) is 0 Å². The molecule has 0 saturated carbocycles. The van der Waals surface area contributed by atoms with Crippen LogP contribution in [0.15, 0.2) is 59.6 Å². The molecule has 1 heterocycles. The van der Waals surface area contributed by atoms with E-state index in [2.05, 4.69) is 22.6 Å². The molecule has 3 rings (SSSR count). The van der Waals surface area contributed by atoms with E-state index in [-0.39, 0.29) is 10.6 Å². The average molecular weight is 399 g/mol. The smallest absolute Gasteiger partial charge is 0.268 e. The van der Waals surface area contributed by atoms with Gasteiger partial charge < -0.3 is 5.11 Å². The van der Waals surface area contributed by atoms with Crippen molar-refractivity contribution in [3.63, 3.8) is 0 Å². The third-order valence-corrected chi connectivity index (χ3v) is 5.55. The van der Waals surface area contributed by atoms with Crippen LogP contribution in [-0.2, 0) is 10.0 Å². The normalized spacial score (nSPS) is 11.8. The summed E-state index contributed by atoms with van der Waals surface area (Å²) in [7, 11) is -3.63. The molecule has 4 nitrogen and oxygen atoms in total. The quantitative estimate of drug-likeness (QED) is 0.674. The Labute approximate surface area is 129 Å². The van der Waals surface area contributed by atoms with Crippen LogP contribution < -0.4 is 0 Å². The molecule has 1 N–H and O–H groups in total. The van der Waals surface area contributed by atoms with E-state index < -0.39 is 10.0 Å². The number of aromatic nitrogens is 1. The fraction of sp³-hybridized carbons (Fsp3) is 0. The van der Waals surface area contributed by atoms with Crippen LogP contribution in [0.1, 0.15) is 0 Å². The Morgan fingerprint density at radius 2 is 1.75 bits per heavy atom. The van der Waals surface area contributed by atoms with Gasteiger partial charge in [0, 0.05) is 15.2 Å². The molecule has 0 aliphatic heterocycles. The summed E-state index contributed by atoms with van der Waals surface area (Å²) in [6.45, 7) is 0. The van der Waals surface area contributed by atoms with Gasteiger partial charge in [-0.2, -0.15) is 0 Å². The summed E-state index contributed by atoms with van der Waals surface area (Å²) in [6.07, 6.45) is 1.56. The molecule has 0 spiro atoms. The zero-order valence-electron chi connectivity index (χ0n) is 10.2. The highest BCUT2D eigenvalue weighted by Gasteiger charge is 2.20. The molecule has 0 atom stereocenters. The van der Waals surface area contributed by atoms with Gasteiger partial charge in [-0.05, 0) is 52.9 Å². The summed E-state index contributed by atoms with van der Waals surface area (Å²) in [4.78, 5) is 0.237. The zero-order chi connectivity index (χ0) is 14.3. The molecule has 0 fully saturated rings. The molecule has 102 valence electrons. The summed E-state index contributed by atoms with van der Waals surface area (Å²) in [5, 5.41) is 10.2. The maximum Gasteiger partial charge on any atom is 0.268 e. The Hall–Kier alpha value is -1.54. The maximum absolute atomic E-state index is 12.6. The predicted molar refractivity (Wildman–Crippen MR) is 85.3 cm³/mol. The molecular weight excluding hydrogens is 389 g/mol. The third kappa shape index (κ3) is 2.08. The molecule has 6 heteroatoms. The molecule has 1 aromatic heterocycles. The van der Waals surface area contributed by atoms with E-state index in [1.165, 1.54) is 10.0 Å². The highest BCUT2D eigenvalue weighted by molar-refractivity contribution is 14.1. The first-order chi connectivity index (χ1) is 9.50. The van der Waals surface area contributed by atoms with Crippen LogP contribution in [0.5, 0.6) is 5.75 Å². The molecule has 0 unspecified atom stereocenters. The predicted octanol–water partition coefficient (Wildman–Crippen LogP) is 3.19. The summed E-state index contributed by atoms with van der Waals surface area (Å²) in [5.74, 6) is 0.116. The number of hydrogen-bond acceptors (Lipinski definition) is 3. The molecule has 0 saturated heterocycles. The van der Waals surface area contributed by atoms with E-state index in [0.717, 1.165) is 3.57 Å². The molecule has 2 aromatic carbocycles. The van der Waals surface area contributed by atoms with E-state index >= 15 is 0 Å². The number of phenolic OH excluding ortho intramolecular Hbond substituents is 1. The van der Waals surface area contributed by atoms with E-state index in [4.69, 9.17) is 0 Å². The number of phenols is 1. The van der Waals surface area contributed by atoms with Crippen molar-refractivity contribution in [3.8, 4) is 5.75 Å². The van der Waals surface area contributed by atoms with Gasteiger partial charge in [-0.3, -0.25) is 0 Å². The van der Waals surface area contributed by atoms with Crippen LogP contribution in [-0.4, -0.2) is 17.5 Å². The van der Waals surface area contributed by atoms with Gasteiger partial charge in [0.15, 0.2) is 0 Å². The largest absolute Gasteiger partial charge is 0.508 e. The van der Waals surface area contributed by atoms with Gasteiger partial charge in [0.25, 0.3) is 10.0 Å². The maximum atomic E-state index is 12.6. The van der Waals surface area contributed by atoms with Crippen LogP contribution >= 0.6 is 22.6 Å². The zero-order valence-corrected chi connectivity index (χ0v) is 13.2. The summed E-state index contributed by atoms with van der Waals surface area (Å²) >= 11 is 2.06. The lowest BCUT2D eigenvalue weighted by Crippen LogP contribution is -2.11. The van der Waals surface area contributed by atoms with Crippen molar-refractivity contribution in [1.29, 1.82) is 0 Å². The molecule has 20 heavy (non-hydrogen) atoms. The number of halogens is 1. The first-order valence-corrected chi connectivity index (χ1v) is 8.32. The Morgan fingerprint density at radius 1 is 1.05 bits per heavy atom. The van der Waals surface area contributed by atoms with Gasteiger partial charge in [0.1, 0.15) is 5.75 Å². The van der Waals surface area contributed by atoms with Crippen molar-refractivity contribution in [3.05, 3.63) is 58.3 Å². The molecule has 0 amide bonds. The number of nitrogens with zero attached hydrogens (tertiary/aromatic N) is 1. The number of benzene rings is 2. The average Bonchev–Trinajstić information content (AvgIpc) is 2.77. The van der Waals surface area contributed by atoms with Gasteiger partial charge in [-0.1, -0.05) is 18.2 Å². The molecule has 3 aromatic rings. The van der Waals surface area contributed by atoms with Gasteiger partial charge in [-0.25, -0.2) is 12.4 Å². The second kappa shape index (κ2) is 4.78. The van der Waals surface area contributed by atoms with E-state index in [1.54, 1.807) is 48.7 Å². The Kier molecular flexibility index (Phi) is 3.21. The molecule has 0 aliphatic rings. The van der Waals surface area contributed by atoms with E-state index in [0.29, 0.717) is 10.9 Å². The van der Waals surface area contributed by atoms with Crippen molar-refractivity contribution in [2.45, 2.75) is 4.90 Å². The minimum atomic E-state index is -3.63. The fourth-order valence-corrected chi connectivity index (χ4v) is 4.34. The van der Waals surface area contributed by atoms with Crippen LogP contribution in [0.2, 0.25) is 0 Å². The van der Waals surface area contributed by atoms with Crippen molar-refractivity contribution in [1.82, 2.24) is 3.97 Å². The van der Waals surface area contributed by atoms with Crippen molar-refractivity contribution in [2.24, 2.45) is 0 Å². The number of aromatic hydroxyl groups is 1. The topological polar surface area (TPSA) is 59.3 Å². The minimum Gasteiger partial charge on any atom is -0.508 e. The van der Waals surface area contributed by atoms with Gasteiger partial charge >= 0.3 is 0 Å². The van der Waals surface area contributed by atoms with Crippen molar-refractivity contribution < 1.29 is 13.5 Å². The molecule has 0 bridgehead atoms. The van der Waals surface area contributed by atoms with Crippen LogP contribution in [0, 0.1) is 3.57 Å². The van der Waals surface area contributed by atoms with Crippen molar-refractivity contribution >= 4 is 43.5 Å². The molecular formula is C14H10INO3S. The van der Waals surface area contributed by atoms with E-state index in [1.807, 2.05) is 0 Å². The monoisotopic (exact) mass is 399 g/mol. The Bertz CT molecular complexity index is 885. The molecule has 0 radical (unpaired) electrons. The number of fused-ring (bicyclic) bond motifs is 1. The number of hydrogen-bond donors (Lipinski definition) is 1. The van der Waals surface area contributed by atoms with E-state index in [9.17, 15) is 13.5 Å². The summed E-state index contributed by atoms with van der Waals surface area (Å²) < 4.78 is 27.3. The Balaban J connectivity index is 2.31. The summed E-state index contributed by atoms with van der Waals surface area (Å²) in [6, 6.07) is 12.9.